The van der Waals surface area contributed by atoms with Crippen LogP contribution in [0, 0.1) is 0 Å². The fraction of sp³-hybridized carbons (Fsp3) is 0.636. The van der Waals surface area contributed by atoms with E-state index in [0.29, 0.717) is 19.6 Å². The van der Waals surface area contributed by atoms with E-state index in [0.717, 1.165) is 21.7 Å². The van der Waals surface area contributed by atoms with Gasteiger partial charge in [-0.25, -0.2) is 4.79 Å². The molecule has 18 heavy (non-hydrogen) atoms. The van der Waals surface area contributed by atoms with Crippen molar-refractivity contribution >= 4 is 27.8 Å². The van der Waals surface area contributed by atoms with E-state index in [1.54, 1.807) is 4.90 Å². The van der Waals surface area contributed by atoms with Gasteiger partial charge in [0, 0.05) is 17.5 Å². The summed E-state index contributed by atoms with van der Waals surface area (Å²) in [7, 11) is 6.76. The summed E-state index contributed by atoms with van der Waals surface area (Å²) >= 11 is 0. The number of ether oxygens (including phenoxy) is 1. The normalized spacial score (nSPS) is 15.4. The van der Waals surface area contributed by atoms with Gasteiger partial charge in [-0.05, 0) is 37.5 Å². The molecule has 0 fully saturated rings. The third-order valence-corrected chi connectivity index (χ3v) is 3.34. The fourth-order valence-corrected chi connectivity index (χ4v) is 2.30. The van der Waals surface area contributed by atoms with E-state index in [4.69, 9.17) is 15.4 Å². The van der Waals surface area contributed by atoms with Crippen LogP contribution in [-0.2, 0) is 17.8 Å². The van der Waals surface area contributed by atoms with Crippen molar-refractivity contribution in [1.82, 2.24) is 14.7 Å². The van der Waals surface area contributed by atoms with Crippen LogP contribution >= 0.6 is 21.7 Å². The lowest BCUT2D eigenvalue weighted by Crippen LogP contribution is -2.41. The lowest BCUT2D eigenvalue weighted by Gasteiger charge is -2.30. The zero-order chi connectivity index (χ0) is 13.3. The van der Waals surface area contributed by atoms with Crippen LogP contribution in [0.25, 0.3) is 0 Å². The van der Waals surface area contributed by atoms with Crippen LogP contribution in [0.3, 0.4) is 0 Å². The Balaban J connectivity index is 2.05. The third-order valence-electron chi connectivity index (χ3n) is 2.51. The van der Waals surface area contributed by atoms with Crippen LogP contribution in [0.2, 0.25) is 0 Å². The van der Waals surface area contributed by atoms with E-state index in [9.17, 15) is 4.79 Å². The number of halogens is 1. The molecule has 1 aromatic rings. The molecular formula is C11H16ClN3O2S. The van der Waals surface area contributed by atoms with Crippen LogP contribution in [0.1, 0.15) is 26.5 Å². The highest BCUT2D eigenvalue weighted by Gasteiger charge is 2.26. The molecule has 0 aromatic carbocycles. The monoisotopic (exact) mass is 289 g/mol. The highest BCUT2D eigenvalue weighted by Crippen LogP contribution is 2.24. The Kier molecular flexibility index (Phi) is 3.77. The van der Waals surface area contributed by atoms with Gasteiger partial charge >= 0.3 is 6.09 Å². The van der Waals surface area contributed by atoms with E-state index < -0.39 is 5.60 Å². The minimum absolute atomic E-state index is 0.282. The maximum Gasteiger partial charge on any atom is 0.410 e. The number of amides is 1. The summed E-state index contributed by atoms with van der Waals surface area (Å²) < 4.78 is 7.23. The lowest BCUT2D eigenvalue weighted by molar-refractivity contribution is 0.0194. The molecule has 0 bridgehead atoms. The Bertz CT molecular complexity index is 456. The second-order valence-corrected chi connectivity index (χ2v) is 6.21. The second-order valence-electron chi connectivity index (χ2n) is 5.18. The predicted molar refractivity (Wildman–Crippen MR) is 70.6 cm³/mol. The molecule has 1 aliphatic rings. The topological polar surface area (TPSA) is 47.4 Å². The lowest BCUT2D eigenvalue weighted by atomic mass is 10.2. The molecule has 0 radical (unpaired) electrons. The van der Waals surface area contributed by atoms with Gasteiger partial charge in [0.1, 0.15) is 10.6 Å². The molecule has 0 spiro atoms. The number of hydrogen-bond acceptors (Lipinski definition) is 4. The van der Waals surface area contributed by atoms with E-state index >= 15 is 0 Å². The van der Waals surface area contributed by atoms with Gasteiger partial charge in [0.2, 0.25) is 0 Å². The number of fused-ring (bicyclic) bond motifs is 1. The Hall–Kier alpha value is -0.880. The smallest absolute Gasteiger partial charge is 0.410 e. The van der Waals surface area contributed by atoms with Gasteiger partial charge in [0.05, 0.1) is 18.8 Å². The van der Waals surface area contributed by atoms with Crippen molar-refractivity contribution in [3.8, 4) is 0 Å². The molecule has 0 unspecified atom stereocenters. The molecule has 0 saturated heterocycles. The van der Waals surface area contributed by atoms with Gasteiger partial charge in [-0.1, -0.05) is 0 Å². The SMILES string of the molecule is CC(C)(C)OC(=O)N1CCn2nc(SCl)cc2C1. The summed E-state index contributed by atoms with van der Waals surface area (Å²) in [5.41, 5.74) is 0.515. The minimum Gasteiger partial charge on any atom is -0.444 e. The molecule has 1 amide bonds. The van der Waals surface area contributed by atoms with Gasteiger partial charge < -0.3 is 9.64 Å². The Morgan fingerprint density at radius 3 is 2.83 bits per heavy atom. The molecule has 1 aliphatic heterocycles. The molecular weight excluding hydrogens is 274 g/mol. The first kappa shape index (κ1) is 13.5. The maximum atomic E-state index is 11.9. The van der Waals surface area contributed by atoms with E-state index in [2.05, 4.69) is 5.10 Å². The van der Waals surface area contributed by atoms with Crippen LogP contribution in [-0.4, -0.2) is 32.9 Å². The fourth-order valence-electron chi connectivity index (χ4n) is 1.76. The van der Waals surface area contributed by atoms with Crippen molar-refractivity contribution in [3.05, 3.63) is 11.8 Å². The predicted octanol–water partition coefficient (Wildman–Crippen LogP) is 2.88. The molecule has 0 N–H and O–H groups in total. The summed E-state index contributed by atoms with van der Waals surface area (Å²) in [6.07, 6.45) is -0.282. The molecule has 7 heteroatoms. The van der Waals surface area contributed by atoms with Crippen molar-refractivity contribution in [2.75, 3.05) is 6.54 Å². The summed E-state index contributed by atoms with van der Waals surface area (Å²) in [4.78, 5) is 13.6. The molecule has 0 aliphatic carbocycles. The summed E-state index contributed by atoms with van der Waals surface area (Å²) in [6, 6.07) is 1.90. The standard InChI is InChI=1S/C11H16ClN3O2S/c1-11(2,3)17-10(16)14-4-5-15-8(7-14)6-9(13-15)18-12/h6H,4-5,7H2,1-3H3. The first-order chi connectivity index (χ1) is 8.39. The molecule has 0 atom stereocenters. The number of carbonyl (C=O) groups is 1. The number of nitrogens with zero attached hydrogens (tertiary/aromatic N) is 3. The van der Waals surface area contributed by atoms with Crippen LogP contribution in [0.15, 0.2) is 11.1 Å². The Labute approximate surface area is 115 Å². The number of aromatic nitrogens is 2. The molecule has 2 rings (SSSR count). The van der Waals surface area contributed by atoms with Gasteiger partial charge in [-0.2, -0.15) is 5.10 Å². The van der Waals surface area contributed by atoms with Gasteiger partial charge in [-0.15, -0.1) is 0 Å². The van der Waals surface area contributed by atoms with Crippen molar-refractivity contribution in [3.63, 3.8) is 0 Å². The minimum atomic E-state index is -0.466. The largest absolute Gasteiger partial charge is 0.444 e. The van der Waals surface area contributed by atoms with E-state index in [1.807, 2.05) is 31.5 Å². The zero-order valence-electron chi connectivity index (χ0n) is 10.6. The average molecular weight is 290 g/mol. The van der Waals surface area contributed by atoms with Crippen molar-refractivity contribution in [2.45, 2.75) is 44.5 Å². The summed E-state index contributed by atoms with van der Waals surface area (Å²) in [5.74, 6) is 0. The van der Waals surface area contributed by atoms with Crippen molar-refractivity contribution < 1.29 is 9.53 Å². The molecule has 0 saturated carbocycles. The quantitative estimate of drug-likeness (QED) is 0.797. The number of rotatable bonds is 1. The number of carbonyl (C=O) groups excluding carboxylic acids is 1. The zero-order valence-corrected chi connectivity index (χ0v) is 12.2. The Morgan fingerprint density at radius 2 is 2.22 bits per heavy atom. The van der Waals surface area contributed by atoms with Gasteiger partial charge in [-0.3, -0.25) is 4.68 Å². The second kappa shape index (κ2) is 5.01. The van der Waals surface area contributed by atoms with Crippen LogP contribution in [0.4, 0.5) is 4.79 Å². The first-order valence-electron chi connectivity index (χ1n) is 5.72. The first-order valence-corrected chi connectivity index (χ1v) is 7.36. The molecule has 100 valence electrons. The average Bonchev–Trinajstić information content (AvgIpc) is 2.68. The van der Waals surface area contributed by atoms with Crippen LogP contribution in [0.5, 0.6) is 0 Å². The molecule has 1 aromatic heterocycles. The van der Waals surface area contributed by atoms with Gasteiger partial charge in [0.15, 0.2) is 0 Å². The van der Waals surface area contributed by atoms with Crippen molar-refractivity contribution in [1.29, 1.82) is 0 Å². The van der Waals surface area contributed by atoms with E-state index in [1.165, 1.54) is 0 Å². The third kappa shape index (κ3) is 3.11. The molecule has 5 nitrogen and oxygen atoms in total. The Morgan fingerprint density at radius 1 is 1.50 bits per heavy atom. The maximum absolute atomic E-state index is 11.9. The van der Waals surface area contributed by atoms with Crippen molar-refractivity contribution in [2.24, 2.45) is 0 Å². The number of hydrogen-bond donors (Lipinski definition) is 0. The molecule has 2 heterocycles. The van der Waals surface area contributed by atoms with Gasteiger partial charge in [0.25, 0.3) is 0 Å². The highest BCUT2D eigenvalue weighted by atomic mass is 35.7. The van der Waals surface area contributed by atoms with Crippen LogP contribution < -0.4 is 0 Å². The highest BCUT2D eigenvalue weighted by molar-refractivity contribution is 8.21. The van der Waals surface area contributed by atoms with E-state index in [-0.39, 0.29) is 6.09 Å². The summed E-state index contributed by atoms with van der Waals surface area (Å²) in [6.45, 7) is 7.38. The summed E-state index contributed by atoms with van der Waals surface area (Å²) in [5, 5.41) is 5.07.